The summed E-state index contributed by atoms with van der Waals surface area (Å²) in [6.45, 7) is 2.04. The first-order valence-corrected chi connectivity index (χ1v) is 6.02. The molecule has 0 radical (unpaired) electrons. The Labute approximate surface area is 107 Å². The minimum absolute atomic E-state index is 0.151. The summed E-state index contributed by atoms with van der Waals surface area (Å²) in [6.07, 6.45) is 1.95. The second-order valence-electron chi connectivity index (χ2n) is 3.98. The van der Waals surface area contributed by atoms with Gasteiger partial charge in [-0.25, -0.2) is 4.79 Å². The second kappa shape index (κ2) is 7.48. The van der Waals surface area contributed by atoms with Gasteiger partial charge < -0.3 is 9.47 Å². The van der Waals surface area contributed by atoms with E-state index >= 15 is 0 Å². The predicted octanol–water partition coefficient (Wildman–Crippen LogP) is 3.13. The van der Waals surface area contributed by atoms with Gasteiger partial charge in [0.1, 0.15) is 11.5 Å². The molecule has 0 unspecified atom stereocenters. The lowest BCUT2D eigenvalue weighted by atomic mass is 10.0. The van der Waals surface area contributed by atoms with E-state index in [9.17, 15) is 9.59 Å². The molecule has 0 aliphatic heterocycles. The van der Waals surface area contributed by atoms with Crippen LogP contribution in [0.3, 0.4) is 0 Å². The van der Waals surface area contributed by atoms with Crippen molar-refractivity contribution in [3.63, 3.8) is 0 Å². The highest BCUT2D eigenvalue weighted by Gasteiger charge is 2.11. The van der Waals surface area contributed by atoms with Crippen LogP contribution < -0.4 is 4.74 Å². The van der Waals surface area contributed by atoms with E-state index in [0.29, 0.717) is 17.7 Å². The number of methoxy groups -OCH3 is 1. The average Bonchev–Trinajstić information content (AvgIpc) is 2.38. The first-order chi connectivity index (χ1) is 8.67. The number of hydrogen-bond donors (Lipinski definition) is 0. The fourth-order valence-corrected chi connectivity index (χ4v) is 1.56. The van der Waals surface area contributed by atoms with Gasteiger partial charge in [0, 0.05) is 18.4 Å². The number of ether oxygens (including phenoxy) is 2. The maximum absolute atomic E-state index is 11.7. The maximum Gasteiger partial charge on any atom is 0.513 e. The van der Waals surface area contributed by atoms with E-state index in [4.69, 9.17) is 4.74 Å². The minimum Gasteiger partial charge on any atom is -0.437 e. The molecule has 0 aliphatic rings. The molecule has 4 nitrogen and oxygen atoms in total. The topological polar surface area (TPSA) is 52.6 Å². The SMILES string of the molecule is CCCCC(=O)Cc1ccccc1OC(=O)OC. The van der Waals surface area contributed by atoms with Gasteiger partial charge in [-0.15, -0.1) is 0 Å². The third-order valence-corrected chi connectivity index (χ3v) is 2.53. The molecular formula is C14H18O4. The van der Waals surface area contributed by atoms with E-state index in [1.807, 2.05) is 13.0 Å². The van der Waals surface area contributed by atoms with Gasteiger partial charge in [-0.05, 0) is 12.5 Å². The Bertz CT molecular complexity index is 412. The molecule has 1 aromatic carbocycles. The Balaban J connectivity index is 2.69. The molecule has 0 aliphatic carbocycles. The monoisotopic (exact) mass is 250 g/mol. The predicted molar refractivity (Wildman–Crippen MR) is 67.7 cm³/mol. The summed E-state index contributed by atoms with van der Waals surface area (Å²) >= 11 is 0. The van der Waals surface area contributed by atoms with Crippen molar-refractivity contribution in [2.75, 3.05) is 7.11 Å². The van der Waals surface area contributed by atoms with Crippen LogP contribution in [0.25, 0.3) is 0 Å². The molecular weight excluding hydrogens is 232 g/mol. The smallest absolute Gasteiger partial charge is 0.437 e. The summed E-state index contributed by atoms with van der Waals surface area (Å²) in [5, 5.41) is 0. The van der Waals surface area contributed by atoms with E-state index in [1.165, 1.54) is 7.11 Å². The van der Waals surface area contributed by atoms with Crippen LogP contribution in [0.5, 0.6) is 5.75 Å². The summed E-state index contributed by atoms with van der Waals surface area (Å²) < 4.78 is 9.42. The molecule has 98 valence electrons. The van der Waals surface area contributed by atoms with E-state index < -0.39 is 6.16 Å². The largest absolute Gasteiger partial charge is 0.513 e. The van der Waals surface area contributed by atoms with Gasteiger partial charge in [-0.3, -0.25) is 4.79 Å². The van der Waals surface area contributed by atoms with Gasteiger partial charge in [0.2, 0.25) is 0 Å². The van der Waals surface area contributed by atoms with E-state index in [0.717, 1.165) is 12.8 Å². The molecule has 1 rings (SSSR count). The molecule has 4 heteroatoms. The Morgan fingerprint density at radius 1 is 1.22 bits per heavy atom. The number of Topliss-reactive ketones (excluding diaryl/α,β-unsaturated/α-hetero) is 1. The highest BCUT2D eigenvalue weighted by molar-refractivity contribution is 5.81. The Hall–Kier alpha value is -1.84. The number of carbonyl (C=O) groups is 2. The van der Waals surface area contributed by atoms with Crippen molar-refractivity contribution in [1.29, 1.82) is 0 Å². The lowest BCUT2D eigenvalue weighted by Gasteiger charge is -2.08. The van der Waals surface area contributed by atoms with Crippen LogP contribution in [-0.4, -0.2) is 19.0 Å². The molecule has 1 aromatic rings. The molecule has 0 saturated heterocycles. The molecule has 0 spiro atoms. The van der Waals surface area contributed by atoms with Gasteiger partial charge >= 0.3 is 6.16 Å². The maximum atomic E-state index is 11.7. The molecule has 0 heterocycles. The van der Waals surface area contributed by atoms with Crippen molar-refractivity contribution in [3.8, 4) is 5.75 Å². The third kappa shape index (κ3) is 4.57. The normalized spacial score (nSPS) is 9.89. The number of ketones is 1. The molecule has 0 atom stereocenters. The number of hydrogen-bond acceptors (Lipinski definition) is 4. The summed E-state index contributed by atoms with van der Waals surface area (Å²) in [5.74, 6) is 0.534. The standard InChI is InChI=1S/C14H18O4/c1-3-4-8-12(15)10-11-7-5-6-9-13(11)18-14(16)17-2/h5-7,9H,3-4,8,10H2,1-2H3. The van der Waals surface area contributed by atoms with Crippen molar-refractivity contribution in [3.05, 3.63) is 29.8 Å². The summed E-state index contributed by atoms with van der Waals surface area (Å²) in [5.41, 5.74) is 0.712. The van der Waals surface area contributed by atoms with Gasteiger partial charge in [0.05, 0.1) is 7.11 Å². The van der Waals surface area contributed by atoms with Crippen LogP contribution in [0, 0.1) is 0 Å². The average molecular weight is 250 g/mol. The van der Waals surface area contributed by atoms with E-state index in [-0.39, 0.29) is 12.2 Å². The van der Waals surface area contributed by atoms with E-state index in [2.05, 4.69) is 4.74 Å². The fourth-order valence-electron chi connectivity index (χ4n) is 1.56. The quantitative estimate of drug-likeness (QED) is 0.575. The molecule has 0 saturated carbocycles. The lowest BCUT2D eigenvalue weighted by Crippen LogP contribution is -2.10. The molecule has 0 fully saturated rings. The zero-order valence-electron chi connectivity index (χ0n) is 10.8. The van der Waals surface area contributed by atoms with Crippen LogP contribution in [0.2, 0.25) is 0 Å². The van der Waals surface area contributed by atoms with Crippen LogP contribution in [0.1, 0.15) is 31.7 Å². The van der Waals surface area contributed by atoms with Crippen molar-refractivity contribution in [2.45, 2.75) is 32.6 Å². The molecule has 0 bridgehead atoms. The summed E-state index contributed by atoms with van der Waals surface area (Å²) in [7, 11) is 1.25. The zero-order chi connectivity index (χ0) is 13.4. The zero-order valence-corrected chi connectivity index (χ0v) is 10.8. The third-order valence-electron chi connectivity index (χ3n) is 2.53. The van der Waals surface area contributed by atoms with Crippen LogP contribution >= 0.6 is 0 Å². The Kier molecular flexibility index (Phi) is 5.91. The molecule has 18 heavy (non-hydrogen) atoms. The van der Waals surface area contributed by atoms with E-state index in [1.54, 1.807) is 18.2 Å². The van der Waals surface area contributed by atoms with Crippen molar-refractivity contribution < 1.29 is 19.1 Å². The van der Waals surface area contributed by atoms with Crippen LogP contribution in [-0.2, 0) is 16.0 Å². The van der Waals surface area contributed by atoms with Gasteiger partial charge in [0.15, 0.2) is 0 Å². The van der Waals surface area contributed by atoms with Crippen molar-refractivity contribution >= 4 is 11.9 Å². The van der Waals surface area contributed by atoms with Crippen molar-refractivity contribution in [1.82, 2.24) is 0 Å². The number of unbranched alkanes of at least 4 members (excludes halogenated alkanes) is 1. The molecule has 0 amide bonds. The highest BCUT2D eigenvalue weighted by Crippen LogP contribution is 2.20. The van der Waals surface area contributed by atoms with Crippen LogP contribution in [0.4, 0.5) is 4.79 Å². The molecule has 0 N–H and O–H groups in total. The number of rotatable bonds is 6. The summed E-state index contributed by atoms with van der Waals surface area (Å²) in [6, 6.07) is 6.99. The fraction of sp³-hybridized carbons (Fsp3) is 0.429. The number of para-hydroxylation sites is 1. The highest BCUT2D eigenvalue weighted by atomic mass is 16.7. The summed E-state index contributed by atoms with van der Waals surface area (Å²) in [4.78, 5) is 22.8. The number of benzene rings is 1. The second-order valence-corrected chi connectivity index (χ2v) is 3.98. The molecule has 0 aromatic heterocycles. The minimum atomic E-state index is -0.775. The van der Waals surface area contributed by atoms with Crippen LogP contribution in [0.15, 0.2) is 24.3 Å². The van der Waals surface area contributed by atoms with Crippen molar-refractivity contribution in [2.24, 2.45) is 0 Å². The van der Waals surface area contributed by atoms with Gasteiger partial charge in [0.25, 0.3) is 0 Å². The van der Waals surface area contributed by atoms with Gasteiger partial charge in [-0.1, -0.05) is 31.5 Å². The number of carbonyl (C=O) groups excluding carboxylic acids is 2. The Morgan fingerprint density at radius 3 is 2.61 bits per heavy atom. The first-order valence-electron chi connectivity index (χ1n) is 6.02. The lowest BCUT2D eigenvalue weighted by molar-refractivity contribution is -0.118. The Morgan fingerprint density at radius 2 is 1.94 bits per heavy atom. The first kappa shape index (κ1) is 14.2. The van der Waals surface area contributed by atoms with Gasteiger partial charge in [-0.2, -0.15) is 0 Å².